The van der Waals surface area contributed by atoms with E-state index < -0.39 is 5.82 Å². The van der Waals surface area contributed by atoms with Crippen molar-refractivity contribution in [1.29, 1.82) is 0 Å². The number of amides is 1. The number of hydrogen-bond donors (Lipinski definition) is 1. The topological polar surface area (TPSA) is 32.3 Å². The van der Waals surface area contributed by atoms with Crippen molar-refractivity contribution in [3.8, 4) is 0 Å². The van der Waals surface area contributed by atoms with Gasteiger partial charge in [-0.3, -0.25) is 9.69 Å². The number of likely N-dealkylation sites (N-methyl/N-ethyl adjacent to an activating group) is 1. The van der Waals surface area contributed by atoms with E-state index in [1.54, 1.807) is 12.1 Å². The summed E-state index contributed by atoms with van der Waals surface area (Å²) >= 11 is 5.99. The van der Waals surface area contributed by atoms with Crippen LogP contribution in [0.3, 0.4) is 0 Å². The molecular formula is C18H18ClFN2O. The molecule has 3 nitrogen and oxygen atoms in total. The van der Waals surface area contributed by atoms with Gasteiger partial charge in [-0.25, -0.2) is 4.39 Å². The van der Waals surface area contributed by atoms with E-state index in [1.807, 2.05) is 24.1 Å². The van der Waals surface area contributed by atoms with Gasteiger partial charge < -0.3 is 5.32 Å². The number of carbonyl (C=O) groups excluding carboxylic acids is 1. The molecule has 0 radical (unpaired) electrons. The van der Waals surface area contributed by atoms with Gasteiger partial charge in [0.25, 0.3) is 0 Å². The molecule has 1 heterocycles. The Bertz CT molecular complexity index is 714. The van der Waals surface area contributed by atoms with E-state index in [9.17, 15) is 9.18 Å². The van der Waals surface area contributed by atoms with Crippen molar-refractivity contribution >= 4 is 17.5 Å². The fourth-order valence-electron chi connectivity index (χ4n) is 2.94. The average molecular weight is 333 g/mol. The van der Waals surface area contributed by atoms with Crippen molar-refractivity contribution in [3.05, 3.63) is 70.0 Å². The molecule has 0 spiro atoms. The predicted octanol–water partition coefficient (Wildman–Crippen LogP) is 3.15. The van der Waals surface area contributed by atoms with Crippen molar-refractivity contribution in [3.63, 3.8) is 0 Å². The first-order chi connectivity index (χ1) is 11.1. The molecule has 1 N–H and O–H groups in total. The molecule has 1 amide bonds. The average Bonchev–Trinajstić information content (AvgIpc) is 2.53. The van der Waals surface area contributed by atoms with Crippen molar-refractivity contribution in [2.24, 2.45) is 0 Å². The lowest BCUT2D eigenvalue weighted by Gasteiger charge is -2.33. The second kappa shape index (κ2) is 6.69. The van der Waals surface area contributed by atoms with Gasteiger partial charge in [0.05, 0.1) is 6.04 Å². The molecule has 1 atom stereocenters. The molecule has 5 heteroatoms. The summed E-state index contributed by atoms with van der Waals surface area (Å²) in [6.45, 7) is 0.824. The predicted molar refractivity (Wildman–Crippen MR) is 88.7 cm³/mol. The number of benzene rings is 2. The number of hydrogen-bond acceptors (Lipinski definition) is 2. The second-order valence-electron chi connectivity index (χ2n) is 5.82. The van der Waals surface area contributed by atoms with Crippen LogP contribution >= 0.6 is 11.6 Å². The molecule has 0 saturated heterocycles. The molecule has 120 valence electrons. The Morgan fingerprint density at radius 1 is 1.26 bits per heavy atom. The molecule has 2 aromatic carbocycles. The van der Waals surface area contributed by atoms with E-state index >= 15 is 0 Å². The van der Waals surface area contributed by atoms with Crippen molar-refractivity contribution in [1.82, 2.24) is 10.2 Å². The Morgan fingerprint density at radius 3 is 2.74 bits per heavy atom. The highest BCUT2D eigenvalue weighted by Gasteiger charge is 2.28. The summed E-state index contributed by atoms with van der Waals surface area (Å²) in [5, 5.41) is 3.13. The van der Waals surface area contributed by atoms with Crippen LogP contribution in [-0.2, 0) is 24.3 Å². The molecule has 23 heavy (non-hydrogen) atoms. The fraction of sp³-hybridized carbons (Fsp3) is 0.278. The Hall–Kier alpha value is -1.91. The highest BCUT2D eigenvalue weighted by molar-refractivity contribution is 6.31. The molecule has 0 saturated carbocycles. The van der Waals surface area contributed by atoms with Gasteiger partial charge in [0, 0.05) is 23.7 Å². The zero-order valence-electron chi connectivity index (χ0n) is 12.9. The monoisotopic (exact) mass is 332 g/mol. The van der Waals surface area contributed by atoms with Gasteiger partial charge in [-0.05, 0) is 36.7 Å². The van der Waals surface area contributed by atoms with E-state index in [4.69, 9.17) is 11.6 Å². The summed E-state index contributed by atoms with van der Waals surface area (Å²) in [5.41, 5.74) is 2.76. The largest absolute Gasteiger partial charge is 0.350 e. The molecule has 0 unspecified atom stereocenters. The van der Waals surface area contributed by atoms with E-state index in [0.717, 1.165) is 6.54 Å². The summed E-state index contributed by atoms with van der Waals surface area (Å²) in [5.74, 6) is -0.513. The van der Waals surface area contributed by atoms with Gasteiger partial charge in [0.2, 0.25) is 5.91 Å². The smallest absolute Gasteiger partial charge is 0.237 e. The number of nitrogens with one attached hydrogen (secondary N) is 1. The van der Waals surface area contributed by atoms with Crippen LogP contribution in [0, 0.1) is 5.82 Å². The molecule has 1 aliphatic rings. The van der Waals surface area contributed by atoms with Crippen LogP contribution in [0.5, 0.6) is 0 Å². The Labute approximate surface area is 140 Å². The van der Waals surface area contributed by atoms with Crippen LogP contribution in [0.4, 0.5) is 4.39 Å². The first-order valence-corrected chi connectivity index (χ1v) is 7.91. The Balaban J connectivity index is 1.69. The van der Waals surface area contributed by atoms with Crippen LogP contribution < -0.4 is 5.32 Å². The molecule has 2 aromatic rings. The number of rotatable bonds is 3. The van der Waals surface area contributed by atoms with Gasteiger partial charge in [0.15, 0.2) is 0 Å². The Morgan fingerprint density at radius 2 is 2.00 bits per heavy atom. The lowest BCUT2D eigenvalue weighted by molar-refractivity contribution is -0.126. The third kappa shape index (κ3) is 3.38. The lowest BCUT2D eigenvalue weighted by atomic mass is 9.94. The molecule has 0 fully saturated rings. The van der Waals surface area contributed by atoms with Gasteiger partial charge in [0.1, 0.15) is 5.82 Å². The van der Waals surface area contributed by atoms with Gasteiger partial charge >= 0.3 is 0 Å². The molecule has 1 aliphatic heterocycles. The zero-order chi connectivity index (χ0) is 16.4. The van der Waals surface area contributed by atoms with Crippen LogP contribution in [0.2, 0.25) is 5.02 Å². The molecule has 0 aromatic heterocycles. The third-order valence-electron chi connectivity index (χ3n) is 4.29. The van der Waals surface area contributed by atoms with Gasteiger partial charge in [-0.15, -0.1) is 0 Å². The summed E-state index contributed by atoms with van der Waals surface area (Å²) in [6, 6.07) is 12.4. The highest BCUT2D eigenvalue weighted by Crippen LogP contribution is 2.23. The number of halogens is 2. The zero-order valence-corrected chi connectivity index (χ0v) is 13.6. The standard InChI is InChI=1S/C18H18ClFN2O/c1-22-11-13-6-3-2-5-12(13)9-17(22)18(23)21-10-14-15(19)7-4-8-16(14)20/h2-8,17H,9-11H2,1H3,(H,21,23)/t17-/m1/s1. The lowest BCUT2D eigenvalue weighted by Crippen LogP contribution is -2.48. The van der Waals surface area contributed by atoms with Crippen molar-refractivity contribution in [2.75, 3.05) is 7.05 Å². The first kappa shape index (κ1) is 16.0. The summed E-state index contributed by atoms with van der Waals surface area (Å²) in [4.78, 5) is 14.5. The minimum atomic E-state index is -0.403. The van der Waals surface area contributed by atoms with Crippen molar-refractivity contribution in [2.45, 2.75) is 25.6 Å². The number of fused-ring (bicyclic) bond motifs is 1. The van der Waals surface area contributed by atoms with E-state index in [2.05, 4.69) is 17.4 Å². The van der Waals surface area contributed by atoms with Crippen LogP contribution in [-0.4, -0.2) is 23.9 Å². The molecule has 3 rings (SSSR count). The van der Waals surface area contributed by atoms with Gasteiger partial charge in [-0.2, -0.15) is 0 Å². The van der Waals surface area contributed by atoms with Gasteiger partial charge in [-0.1, -0.05) is 41.9 Å². The van der Waals surface area contributed by atoms with E-state index in [1.165, 1.54) is 17.2 Å². The Kier molecular flexibility index (Phi) is 4.64. The maximum atomic E-state index is 13.8. The van der Waals surface area contributed by atoms with Crippen LogP contribution in [0.15, 0.2) is 42.5 Å². The fourth-order valence-corrected chi connectivity index (χ4v) is 3.17. The van der Waals surface area contributed by atoms with E-state index in [0.29, 0.717) is 17.0 Å². The quantitative estimate of drug-likeness (QED) is 0.936. The SMILES string of the molecule is CN1Cc2ccccc2C[C@@H]1C(=O)NCc1c(F)cccc1Cl. The molecule has 0 aliphatic carbocycles. The number of carbonyl (C=O) groups is 1. The first-order valence-electron chi connectivity index (χ1n) is 7.54. The second-order valence-corrected chi connectivity index (χ2v) is 6.23. The van der Waals surface area contributed by atoms with Crippen molar-refractivity contribution < 1.29 is 9.18 Å². The third-order valence-corrected chi connectivity index (χ3v) is 4.64. The summed E-state index contributed by atoms with van der Waals surface area (Å²) in [6.07, 6.45) is 0.656. The minimum Gasteiger partial charge on any atom is -0.350 e. The summed E-state index contributed by atoms with van der Waals surface area (Å²) < 4.78 is 13.8. The number of nitrogens with zero attached hydrogens (tertiary/aromatic N) is 1. The minimum absolute atomic E-state index is 0.0936. The maximum Gasteiger partial charge on any atom is 0.237 e. The molecule has 0 bridgehead atoms. The summed E-state index contributed by atoms with van der Waals surface area (Å²) in [7, 11) is 1.93. The molecular weight excluding hydrogens is 315 g/mol. The van der Waals surface area contributed by atoms with Crippen LogP contribution in [0.1, 0.15) is 16.7 Å². The highest BCUT2D eigenvalue weighted by atomic mass is 35.5. The van der Waals surface area contributed by atoms with E-state index in [-0.39, 0.29) is 18.5 Å². The normalized spacial score (nSPS) is 17.6. The van der Waals surface area contributed by atoms with Crippen LogP contribution in [0.25, 0.3) is 0 Å². The maximum absolute atomic E-state index is 13.8.